The smallest absolute Gasteiger partial charge is 0.233 e. The number of benzene rings is 1. The van der Waals surface area contributed by atoms with Crippen molar-refractivity contribution in [2.75, 3.05) is 14.1 Å². The molecule has 29 heavy (non-hydrogen) atoms. The molecule has 2 aliphatic carbocycles. The van der Waals surface area contributed by atoms with E-state index in [9.17, 15) is 24.3 Å². The van der Waals surface area contributed by atoms with E-state index >= 15 is 0 Å². The Morgan fingerprint density at radius 2 is 1.52 bits per heavy atom. The first-order valence-electron chi connectivity index (χ1n) is 9.93. The first-order chi connectivity index (χ1) is 13.8. The van der Waals surface area contributed by atoms with Crippen molar-refractivity contribution < 1.29 is 24.3 Å². The maximum Gasteiger partial charge on any atom is 0.233 e. The third-order valence-electron chi connectivity index (χ3n) is 7.32. The highest BCUT2D eigenvalue weighted by atomic mass is 16.3. The number of likely N-dealkylation sites (tertiary alicyclic amines) is 2. The van der Waals surface area contributed by atoms with E-state index in [4.69, 9.17) is 0 Å². The van der Waals surface area contributed by atoms with Crippen LogP contribution in [0.15, 0.2) is 35.9 Å². The van der Waals surface area contributed by atoms with E-state index in [1.54, 1.807) is 18.2 Å². The molecule has 2 heterocycles. The summed E-state index contributed by atoms with van der Waals surface area (Å²) in [5.41, 5.74) is 1.71. The van der Waals surface area contributed by atoms with Crippen molar-refractivity contribution in [3.63, 3.8) is 0 Å². The van der Waals surface area contributed by atoms with Crippen LogP contribution in [0.25, 0.3) is 0 Å². The molecule has 1 aromatic rings. The highest BCUT2D eigenvalue weighted by molar-refractivity contribution is 6.07. The summed E-state index contributed by atoms with van der Waals surface area (Å²) in [7, 11) is 3.01. The Morgan fingerprint density at radius 1 is 0.862 bits per heavy atom. The Hall–Kier alpha value is -2.96. The van der Waals surface area contributed by atoms with Gasteiger partial charge in [0.15, 0.2) is 0 Å². The lowest BCUT2D eigenvalue weighted by molar-refractivity contribution is -0.140. The normalized spacial score (nSPS) is 36.1. The number of hydrogen-bond acceptors (Lipinski definition) is 5. The molecule has 2 aliphatic heterocycles. The molecule has 2 saturated heterocycles. The number of carbonyl (C=O) groups is 4. The third-order valence-corrected chi connectivity index (χ3v) is 7.32. The molecule has 1 saturated carbocycles. The molecular formula is C22H22N2O5. The quantitative estimate of drug-likeness (QED) is 0.572. The SMILES string of the molecule is CN1C(=O)C2CC=C3C(CC4C(=O)N(C)C(=O)C4C3c3cccc(O)c3)C2C1=O. The summed E-state index contributed by atoms with van der Waals surface area (Å²) in [5, 5.41) is 10.0. The van der Waals surface area contributed by atoms with Crippen molar-refractivity contribution in [2.45, 2.75) is 18.8 Å². The van der Waals surface area contributed by atoms with Crippen LogP contribution in [0.1, 0.15) is 24.3 Å². The zero-order chi connectivity index (χ0) is 20.6. The van der Waals surface area contributed by atoms with E-state index < -0.39 is 23.7 Å². The molecule has 6 atom stereocenters. The first kappa shape index (κ1) is 18.1. The van der Waals surface area contributed by atoms with Gasteiger partial charge in [-0.2, -0.15) is 0 Å². The highest BCUT2D eigenvalue weighted by Crippen LogP contribution is 2.57. The van der Waals surface area contributed by atoms with Crippen LogP contribution in [0.5, 0.6) is 5.75 Å². The Bertz CT molecular complexity index is 999. The summed E-state index contributed by atoms with van der Waals surface area (Å²) in [4.78, 5) is 53.6. The summed E-state index contributed by atoms with van der Waals surface area (Å²) in [6, 6.07) is 6.76. The van der Waals surface area contributed by atoms with Gasteiger partial charge in [-0.15, -0.1) is 0 Å². The van der Waals surface area contributed by atoms with Crippen molar-refractivity contribution in [2.24, 2.45) is 29.6 Å². The fourth-order valence-corrected chi connectivity index (χ4v) is 6.00. The second-order valence-electron chi connectivity index (χ2n) is 8.59. The molecule has 1 N–H and O–H groups in total. The summed E-state index contributed by atoms with van der Waals surface area (Å²) in [5.74, 6) is -3.31. The minimum absolute atomic E-state index is 0.0902. The number of phenolic OH excluding ortho intramolecular Hbond substituents is 1. The fourth-order valence-electron chi connectivity index (χ4n) is 6.00. The van der Waals surface area contributed by atoms with Gasteiger partial charge >= 0.3 is 0 Å². The number of hydrogen-bond donors (Lipinski definition) is 1. The molecule has 0 aromatic heterocycles. The Kier molecular flexibility index (Phi) is 3.75. The first-order valence-corrected chi connectivity index (χ1v) is 9.93. The van der Waals surface area contributed by atoms with Crippen LogP contribution in [-0.2, 0) is 19.2 Å². The van der Waals surface area contributed by atoms with E-state index in [2.05, 4.69) is 0 Å². The summed E-state index contributed by atoms with van der Waals surface area (Å²) in [6.45, 7) is 0. The van der Waals surface area contributed by atoms with E-state index in [-0.39, 0.29) is 41.2 Å². The van der Waals surface area contributed by atoms with Crippen molar-refractivity contribution in [3.05, 3.63) is 41.5 Å². The van der Waals surface area contributed by atoms with E-state index in [0.717, 1.165) is 11.1 Å². The van der Waals surface area contributed by atoms with E-state index in [1.165, 1.54) is 23.9 Å². The van der Waals surface area contributed by atoms with Crippen molar-refractivity contribution >= 4 is 23.6 Å². The lowest BCUT2D eigenvalue weighted by Gasteiger charge is -2.44. The fraction of sp³-hybridized carbons (Fsp3) is 0.455. The standard InChI is InChI=1S/C22H22N2O5/c1-23-19(26)13-7-6-12-14(17(13)21(23)28)9-15-18(22(29)24(2)20(15)27)16(12)10-4-3-5-11(25)8-10/h3-6,8,13-18,25H,7,9H2,1-2H3. The number of phenols is 1. The van der Waals surface area contributed by atoms with Gasteiger partial charge in [-0.25, -0.2) is 0 Å². The van der Waals surface area contributed by atoms with Gasteiger partial charge in [-0.3, -0.25) is 29.0 Å². The lowest BCUT2D eigenvalue weighted by atomic mass is 9.57. The predicted octanol–water partition coefficient (Wildman–Crippen LogP) is 1.29. The highest BCUT2D eigenvalue weighted by Gasteiger charge is 2.60. The predicted molar refractivity (Wildman–Crippen MR) is 101 cm³/mol. The molecule has 6 unspecified atom stereocenters. The van der Waals surface area contributed by atoms with Gasteiger partial charge in [0.1, 0.15) is 5.75 Å². The number of imide groups is 2. The monoisotopic (exact) mass is 394 g/mol. The van der Waals surface area contributed by atoms with Crippen LogP contribution in [0.2, 0.25) is 0 Å². The molecule has 1 aromatic carbocycles. The molecule has 0 bridgehead atoms. The van der Waals surface area contributed by atoms with Gasteiger partial charge in [0.05, 0.1) is 23.7 Å². The lowest BCUT2D eigenvalue weighted by Crippen LogP contribution is -2.42. The number of allylic oxidation sites excluding steroid dienone is 2. The minimum Gasteiger partial charge on any atom is -0.508 e. The molecule has 0 radical (unpaired) electrons. The molecule has 7 nitrogen and oxygen atoms in total. The summed E-state index contributed by atoms with van der Waals surface area (Å²) < 4.78 is 0. The molecule has 4 aliphatic rings. The largest absolute Gasteiger partial charge is 0.508 e. The van der Waals surface area contributed by atoms with Gasteiger partial charge in [0, 0.05) is 20.0 Å². The topological polar surface area (TPSA) is 95.0 Å². The Balaban J connectivity index is 1.67. The summed E-state index contributed by atoms with van der Waals surface area (Å²) >= 11 is 0. The van der Waals surface area contributed by atoms with Crippen molar-refractivity contribution in [1.82, 2.24) is 9.80 Å². The summed E-state index contributed by atoms with van der Waals surface area (Å²) in [6.07, 6.45) is 2.85. The van der Waals surface area contributed by atoms with Gasteiger partial charge in [-0.1, -0.05) is 23.8 Å². The Labute approximate surface area is 168 Å². The number of carbonyl (C=O) groups excluding carboxylic acids is 4. The number of amides is 4. The van der Waals surface area contributed by atoms with Crippen molar-refractivity contribution in [3.8, 4) is 5.75 Å². The van der Waals surface area contributed by atoms with Gasteiger partial charge in [0.25, 0.3) is 0 Å². The van der Waals surface area contributed by atoms with Gasteiger partial charge < -0.3 is 5.11 Å². The van der Waals surface area contributed by atoms with Crippen LogP contribution in [-0.4, -0.2) is 52.6 Å². The molecule has 4 amide bonds. The second kappa shape index (κ2) is 6.02. The number of fused-ring (bicyclic) bond motifs is 4. The van der Waals surface area contributed by atoms with Gasteiger partial charge in [-0.05, 0) is 36.5 Å². The molecule has 3 fully saturated rings. The minimum atomic E-state index is -0.543. The average Bonchev–Trinajstić information content (AvgIpc) is 3.06. The van der Waals surface area contributed by atoms with E-state index in [1.807, 2.05) is 12.1 Å². The third kappa shape index (κ3) is 2.30. The molecule has 0 spiro atoms. The van der Waals surface area contributed by atoms with Crippen molar-refractivity contribution in [1.29, 1.82) is 0 Å². The van der Waals surface area contributed by atoms with Crippen LogP contribution in [0.3, 0.4) is 0 Å². The van der Waals surface area contributed by atoms with Crippen LogP contribution < -0.4 is 0 Å². The van der Waals surface area contributed by atoms with Crippen LogP contribution in [0, 0.1) is 29.6 Å². The van der Waals surface area contributed by atoms with E-state index in [0.29, 0.717) is 12.8 Å². The maximum absolute atomic E-state index is 13.0. The zero-order valence-corrected chi connectivity index (χ0v) is 16.2. The number of rotatable bonds is 1. The maximum atomic E-state index is 13.0. The average molecular weight is 394 g/mol. The molecular weight excluding hydrogens is 372 g/mol. The van der Waals surface area contributed by atoms with Gasteiger partial charge in [0.2, 0.25) is 23.6 Å². The number of nitrogens with zero attached hydrogens (tertiary/aromatic N) is 2. The second-order valence-corrected chi connectivity index (χ2v) is 8.59. The molecule has 150 valence electrons. The number of aromatic hydroxyl groups is 1. The zero-order valence-electron chi connectivity index (χ0n) is 16.2. The van der Waals surface area contributed by atoms with Crippen LogP contribution >= 0.6 is 0 Å². The Morgan fingerprint density at radius 3 is 2.21 bits per heavy atom. The molecule has 5 rings (SSSR count). The molecule has 7 heteroatoms. The van der Waals surface area contributed by atoms with Crippen LogP contribution in [0.4, 0.5) is 0 Å².